The van der Waals surface area contributed by atoms with Crippen LogP contribution in [0.15, 0.2) is 36.4 Å². The minimum Gasteiger partial charge on any atom is -0.507 e. The van der Waals surface area contributed by atoms with E-state index in [1.165, 1.54) is 6.07 Å². The number of phenolic OH excluding ortho intramolecular Hbond substituents is 1. The normalized spacial score (nSPS) is 21.9. The Morgan fingerprint density at radius 2 is 1.97 bits per heavy atom. The minimum atomic E-state index is -0.910. The molecule has 2 heterocycles. The quantitative estimate of drug-likeness (QED) is 0.526. The van der Waals surface area contributed by atoms with Gasteiger partial charge in [0.05, 0.1) is 18.2 Å². The van der Waals surface area contributed by atoms with E-state index in [0.717, 1.165) is 41.1 Å². The Morgan fingerprint density at radius 3 is 2.62 bits per heavy atom. The van der Waals surface area contributed by atoms with E-state index in [1.54, 1.807) is 25.3 Å². The van der Waals surface area contributed by atoms with E-state index in [9.17, 15) is 13.9 Å². The van der Waals surface area contributed by atoms with Crippen LogP contribution >= 0.6 is 0 Å². The second kappa shape index (κ2) is 8.16. The van der Waals surface area contributed by atoms with Gasteiger partial charge in [0.15, 0.2) is 11.6 Å². The van der Waals surface area contributed by atoms with Crippen LogP contribution in [0.25, 0.3) is 16.6 Å². The van der Waals surface area contributed by atoms with E-state index in [2.05, 4.69) is 27.7 Å². The minimum absolute atomic E-state index is 0.0691. The van der Waals surface area contributed by atoms with Gasteiger partial charge in [-0.15, -0.1) is 0 Å². The number of aromatic hydroxyl groups is 1. The third-order valence-corrected chi connectivity index (χ3v) is 6.68. The molecule has 2 unspecified atom stereocenters. The Morgan fingerprint density at radius 1 is 1.22 bits per heavy atom. The summed E-state index contributed by atoms with van der Waals surface area (Å²) in [7, 11) is 1.65. The number of ether oxygens (including phenoxy) is 2. The molecule has 0 saturated carbocycles. The van der Waals surface area contributed by atoms with Crippen molar-refractivity contribution in [3.8, 4) is 11.4 Å². The number of phenols is 1. The molecule has 1 saturated heterocycles. The second-order valence-corrected chi connectivity index (χ2v) is 9.84. The zero-order valence-electron chi connectivity index (χ0n) is 19.3. The number of hydrogen-bond donors (Lipinski definition) is 1. The Balaban J connectivity index is 2.16. The van der Waals surface area contributed by atoms with E-state index >= 15 is 0 Å². The molecule has 0 radical (unpaired) electrons. The number of nitrogens with zero attached hydrogens (tertiary/aromatic N) is 1. The molecule has 32 heavy (non-hydrogen) atoms. The molecule has 0 amide bonds. The van der Waals surface area contributed by atoms with Gasteiger partial charge in [0.25, 0.3) is 0 Å². The summed E-state index contributed by atoms with van der Waals surface area (Å²) in [4.78, 5) is 0. The molecule has 172 valence electrons. The van der Waals surface area contributed by atoms with Crippen LogP contribution < -0.4 is 0 Å². The Bertz CT molecular complexity index is 1150. The SMILES string of the molecule is COCC(C)(C)c1c(C2(C)CCOC(C)C2)c2c(O)cccc2n1-c1ccc(F)c(F)c1. The van der Waals surface area contributed by atoms with Crippen LogP contribution in [-0.4, -0.2) is 36.1 Å². The van der Waals surface area contributed by atoms with Crippen molar-refractivity contribution in [1.29, 1.82) is 0 Å². The van der Waals surface area contributed by atoms with E-state index in [-0.39, 0.29) is 17.3 Å². The van der Waals surface area contributed by atoms with E-state index < -0.39 is 17.0 Å². The van der Waals surface area contributed by atoms with E-state index in [1.807, 2.05) is 10.6 Å². The van der Waals surface area contributed by atoms with Crippen molar-refractivity contribution < 1.29 is 23.4 Å². The summed E-state index contributed by atoms with van der Waals surface area (Å²) in [6, 6.07) is 9.31. The molecule has 0 aliphatic carbocycles. The molecule has 0 spiro atoms. The number of halogens is 2. The van der Waals surface area contributed by atoms with E-state index in [0.29, 0.717) is 18.9 Å². The maximum atomic E-state index is 14.3. The third kappa shape index (κ3) is 3.69. The fourth-order valence-electron chi connectivity index (χ4n) is 5.38. The van der Waals surface area contributed by atoms with Crippen LogP contribution in [0.4, 0.5) is 8.78 Å². The molecule has 1 aliphatic rings. The maximum Gasteiger partial charge on any atom is 0.160 e. The monoisotopic (exact) mass is 443 g/mol. The summed E-state index contributed by atoms with van der Waals surface area (Å²) in [5, 5.41) is 11.8. The third-order valence-electron chi connectivity index (χ3n) is 6.68. The summed E-state index contributed by atoms with van der Waals surface area (Å²) in [5.41, 5.74) is 2.45. The molecule has 3 aromatic rings. The van der Waals surface area contributed by atoms with Gasteiger partial charge in [0, 0.05) is 42.0 Å². The maximum absolute atomic E-state index is 14.3. The molecule has 4 rings (SSSR count). The van der Waals surface area contributed by atoms with Crippen molar-refractivity contribution in [3.63, 3.8) is 0 Å². The highest BCUT2D eigenvalue weighted by Crippen LogP contribution is 2.49. The standard InChI is InChI=1S/C26H31F2NO3/c1-16-14-26(4,11-12-32-16)23-22-20(7-6-8-21(22)30)29(24(23)25(2,3)15-31-5)17-9-10-18(27)19(28)13-17/h6-10,13,16,30H,11-12,14-15H2,1-5H3. The van der Waals surface area contributed by atoms with Gasteiger partial charge in [-0.2, -0.15) is 0 Å². The first kappa shape index (κ1) is 22.7. The zero-order valence-corrected chi connectivity index (χ0v) is 19.3. The molecular weight excluding hydrogens is 412 g/mol. The molecular formula is C26H31F2NO3. The van der Waals surface area contributed by atoms with Crippen LogP contribution in [0.1, 0.15) is 51.8 Å². The summed E-state index contributed by atoms with van der Waals surface area (Å²) in [5.74, 6) is -1.63. The molecule has 1 N–H and O–H groups in total. The average Bonchev–Trinajstić information content (AvgIpc) is 3.08. The topological polar surface area (TPSA) is 43.6 Å². The average molecular weight is 444 g/mol. The Labute approximate surface area is 187 Å². The predicted octanol–water partition coefficient (Wildman–Crippen LogP) is 5.99. The zero-order chi connectivity index (χ0) is 23.3. The van der Waals surface area contributed by atoms with Crippen LogP contribution in [0.2, 0.25) is 0 Å². The summed E-state index contributed by atoms with van der Waals surface area (Å²) >= 11 is 0. The van der Waals surface area contributed by atoms with Gasteiger partial charge in [-0.25, -0.2) is 8.78 Å². The van der Waals surface area contributed by atoms with Crippen molar-refractivity contribution >= 4 is 10.9 Å². The van der Waals surface area contributed by atoms with Gasteiger partial charge in [-0.1, -0.05) is 26.8 Å². The molecule has 4 nitrogen and oxygen atoms in total. The Hall–Kier alpha value is -2.44. The van der Waals surface area contributed by atoms with Crippen LogP contribution in [0.3, 0.4) is 0 Å². The second-order valence-electron chi connectivity index (χ2n) is 9.84. The molecule has 2 aromatic carbocycles. The molecule has 0 bridgehead atoms. The lowest BCUT2D eigenvalue weighted by atomic mass is 9.70. The number of hydrogen-bond acceptors (Lipinski definition) is 3. The lowest BCUT2D eigenvalue weighted by Gasteiger charge is -2.40. The molecule has 1 fully saturated rings. The lowest BCUT2D eigenvalue weighted by Crippen LogP contribution is -2.38. The fraction of sp³-hybridized carbons (Fsp3) is 0.462. The van der Waals surface area contributed by atoms with Crippen molar-refractivity contribution in [3.05, 3.63) is 59.3 Å². The van der Waals surface area contributed by atoms with Gasteiger partial charge < -0.3 is 19.1 Å². The number of methoxy groups -OCH3 is 1. The van der Waals surface area contributed by atoms with Gasteiger partial charge in [-0.3, -0.25) is 0 Å². The van der Waals surface area contributed by atoms with Crippen LogP contribution in [-0.2, 0) is 20.3 Å². The van der Waals surface area contributed by atoms with E-state index in [4.69, 9.17) is 9.47 Å². The van der Waals surface area contributed by atoms with Crippen molar-refractivity contribution in [2.45, 2.75) is 57.5 Å². The number of benzene rings is 2. The molecule has 2 atom stereocenters. The van der Waals surface area contributed by atoms with Crippen molar-refractivity contribution in [2.24, 2.45) is 0 Å². The van der Waals surface area contributed by atoms with Crippen molar-refractivity contribution in [1.82, 2.24) is 4.57 Å². The number of fused-ring (bicyclic) bond motifs is 1. The largest absolute Gasteiger partial charge is 0.507 e. The first-order chi connectivity index (χ1) is 15.1. The summed E-state index contributed by atoms with van der Waals surface area (Å²) < 4.78 is 41.5. The van der Waals surface area contributed by atoms with Crippen molar-refractivity contribution in [2.75, 3.05) is 20.3 Å². The first-order valence-corrected chi connectivity index (χ1v) is 11.0. The van der Waals surface area contributed by atoms with Crippen LogP contribution in [0.5, 0.6) is 5.75 Å². The van der Waals surface area contributed by atoms with Gasteiger partial charge >= 0.3 is 0 Å². The molecule has 1 aliphatic heterocycles. The highest BCUT2D eigenvalue weighted by Gasteiger charge is 2.42. The summed E-state index contributed by atoms with van der Waals surface area (Å²) in [6.07, 6.45) is 1.65. The van der Waals surface area contributed by atoms with Gasteiger partial charge in [0.1, 0.15) is 5.75 Å². The van der Waals surface area contributed by atoms with Gasteiger partial charge in [0.2, 0.25) is 0 Å². The number of rotatable bonds is 5. The van der Waals surface area contributed by atoms with Gasteiger partial charge in [-0.05, 0) is 55.0 Å². The predicted molar refractivity (Wildman–Crippen MR) is 122 cm³/mol. The summed E-state index contributed by atoms with van der Waals surface area (Å²) in [6.45, 7) is 9.46. The smallest absolute Gasteiger partial charge is 0.160 e. The molecule has 6 heteroatoms. The lowest BCUT2D eigenvalue weighted by molar-refractivity contribution is -0.00583. The molecule has 1 aromatic heterocycles. The highest BCUT2D eigenvalue weighted by atomic mass is 19.2. The Kier molecular flexibility index (Phi) is 5.80. The van der Waals surface area contributed by atoms with Crippen LogP contribution in [0, 0.1) is 11.6 Å². The first-order valence-electron chi connectivity index (χ1n) is 11.0. The fourth-order valence-corrected chi connectivity index (χ4v) is 5.38. The highest BCUT2D eigenvalue weighted by molar-refractivity contribution is 5.94. The number of aromatic nitrogens is 1.